The maximum Gasteiger partial charge on any atom is 0.270 e. The van der Waals surface area contributed by atoms with Crippen LogP contribution >= 0.6 is 23.1 Å². The predicted molar refractivity (Wildman–Crippen MR) is 132 cm³/mol. The van der Waals surface area contributed by atoms with E-state index in [0.29, 0.717) is 29.5 Å². The average molecular weight is 494 g/mol. The van der Waals surface area contributed by atoms with Crippen molar-refractivity contribution < 1.29 is 14.4 Å². The Labute approximate surface area is 203 Å². The highest BCUT2D eigenvalue weighted by molar-refractivity contribution is 7.09. The Morgan fingerprint density at radius 2 is 1.82 bits per heavy atom. The first kappa shape index (κ1) is 26.6. The first-order chi connectivity index (χ1) is 15.5. The summed E-state index contributed by atoms with van der Waals surface area (Å²) in [6.45, 7) is 8.73. The van der Waals surface area contributed by atoms with Crippen LogP contribution in [0.2, 0.25) is 5.02 Å². The van der Waals surface area contributed by atoms with Crippen molar-refractivity contribution in [3.05, 3.63) is 45.4 Å². The fourth-order valence-corrected chi connectivity index (χ4v) is 4.27. The lowest BCUT2D eigenvalue weighted by Gasteiger charge is -2.32. The van der Waals surface area contributed by atoms with Gasteiger partial charge in [-0.25, -0.2) is 0 Å². The highest BCUT2D eigenvalue weighted by atomic mass is 35.5. The average Bonchev–Trinajstić information content (AvgIpc) is 3.12. The second-order valence-electron chi connectivity index (χ2n) is 8.78. The minimum absolute atomic E-state index is 0.0691. The molecule has 0 radical (unpaired) electrons. The van der Waals surface area contributed by atoms with Crippen LogP contribution in [0, 0.1) is 11.8 Å². The van der Waals surface area contributed by atoms with E-state index in [1.54, 1.807) is 18.2 Å². The van der Waals surface area contributed by atoms with Crippen LogP contribution < -0.4 is 16.8 Å². The molecule has 0 fully saturated rings. The molecule has 5 N–H and O–H groups in total. The second kappa shape index (κ2) is 12.0. The number of nitrogens with one attached hydrogen (secondary N) is 1. The minimum atomic E-state index is -0.814. The van der Waals surface area contributed by atoms with E-state index < -0.39 is 17.9 Å². The molecule has 2 rings (SSSR count). The molecule has 0 unspecified atom stereocenters. The third kappa shape index (κ3) is 7.17. The third-order valence-corrected chi connectivity index (χ3v) is 6.33. The van der Waals surface area contributed by atoms with Crippen molar-refractivity contribution in [3.63, 3.8) is 0 Å². The number of anilines is 1. The van der Waals surface area contributed by atoms with Crippen molar-refractivity contribution in [2.75, 3.05) is 12.3 Å². The molecule has 10 heteroatoms. The third-order valence-electron chi connectivity index (χ3n) is 5.11. The van der Waals surface area contributed by atoms with Gasteiger partial charge >= 0.3 is 0 Å². The largest absolute Gasteiger partial charge is 0.395 e. The van der Waals surface area contributed by atoms with Crippen molar-refractivity contribution in [2.45, 2.75) is 53.1 Å². The molecule has 0 aliphatic rings. The Bertz CT molecular complexity index is 992. The minimum Gasteiger partial charge on any atom is -0.395 e. The smallest absolute Gasteiger partial charge is 0.270 e. The normalized spacial score (nSPS) is 12.1. The van der Waals surface area contributed by atoms with Crippen LogP contribution in [0.3, 0.4) is 0 Å². The van der Waals surface area contributed by atoms with Gasteiger partial charge in [0.05, 0.1) is 5.69 Å². The molecule has 1 atom stereocenters. The number of benzene rings is 1. The van der Waals surface area contributed by atoms with Crippen molar-refractivity contribution in [2.24, 2.45) is 17.6 Å². The van der Waals surface area contributed by atoms with Crippen LogP contribution in [-0.2, 0) is 11.3 Å². The number of primary amides is 1. The summed E-state index contributed by atoms with van der Waals surface area (Å²) in [4.78, 5) is 40.1. The molecule has 2 aromatic rings. The van der Waals surface area contributed by atoms with E-state index >= 15 is 0 Å². The number of nitrogens with two attached hydrogens (primary N) is 2. The van der Waals surface area contributed by atoms with Gasteiger partial charge in [0.1, 0.15) is 10.9 Å². The zero-order chi connectivity index (χ0) is 24.7. The van der Waals surface area contributed by atoms with Gasteiger partial charge in [-0.1, -0.05) is 57.5 Å². The van der Waals surface area contributed by atoms with Crippen molar-refractivity contribution in [1.29, 1.82) is 0 Å². The number of hydrogen-bond acceptors (Lipinski definition) is 6. The summed E-state index contributed by atoms with van der Waals surface area (Å²) in [6.07, 6.45) is 1.26. The molecule has 0 saturated heterocycles. The molecule has 0 aliphatic carbocycles. The van der Waals surface area contributed by atoms with Gasteiger partial charge in [0, 0.05) is 18.1 Å². The fraction of sp³-hybridized carbons (Fsp3) is 0.478. The Balaban J connectivity index is 2.47. The SMILES string of the molecule is CC(C)CCNC(=O)[C@@H](CC(C)C)N(Cc1ccccc1Cl)C(=O)c1snc(C(N)=O)c1N. The Kier molecular flexibility index (Phi) is 9.67. The molecule has 1 heterocycles. The maximum atomic E-state index is 13.7. The van der Waals surface area contributed by atoms with E-state index in [1.165, 1.54) is 4.90 Å². The number of carbonyl (C=O) groups is 3. The number of rotatable bonds is 11. The van der Waals surface area contributed by atoms with Crippen LogP contribution in [0.25, 0.3) is 0 Å². The fourth-order valence-electron chi connectivity index (χ4n) is 3.32. The molecule has 1 aromatic heterocycles. The number of nitrogen functional groups attached to an aromatic ring is 1. The monoisotopic (exact) mass is 493 g/mol. The summed E-state index contributed by atoms with van der Waals surface area (Å²) in [6, 6.07) is 6.38. The summed E-state index contributed by atoms with van der Waals surface area (Å²) in [7, 11) is 0. The molecule has 180 valence electrons. The van der Waals surface area contributed by atoms with E-state index in [9.17, 15) is 14.4 Å². The molecule has 3 amide bonds. The standard InChI is InChI=1S/C23H32ClN5O3S/c1-13(2)9-10-27-22(31)17(11-14(3)4)29(12-15-7-5-6-8-16(15)24)23(32)20-18(25)19(21(26)30)28-33-20/h5-8,13-14,17H,9-12,25H2,1-4H3,(H2,26,30)(H,27,31)/t17-/m1/s1. The molecule has 0 saturated carbocycles. The van der Waals surface area contributed by atoms with Gasteiger partial charge in [-0.2, -0.15) is 4.37 Å². The molecule has 0 aliphatic heterocycles. The lowest BCUT2D eigenvalue weighted by Crippen LogP contribution is -2.50. The highest BCUT2D eigenvalue weighted by Crippen LogP contribution is 2.28. The van der Waals surface area contributed by atoms with E-state index in [0.717, 1.165) is 18.0 Å². The van der Waals surface area contributed by atoms with Crippen molar-refractivity contribution >= 4 is 46.5 Å². The van der Waals surface area contributed by atoms with Crippen LogP contribution in [0.1, 0.15) is 66.3 Å². The van der Waals surface area contributed by atoms with Crippen molar-refractivity contribution in [1.82, 2.24) is 14.6 Å². The molecular weight excluding hydrogens is 462 g/mol. The summed E-state index contributed by atoms with van der Waals surface area (Å²) in [5.41, 5.74) is 11.8. The number of nitrogens with zero attached hydrogens (tertiary/aromatic N) is 2. The van der Waals surface area contributed by atoms with Gasteiger partial charge in [-0.3, -0.25) is 14.4 Å². The van der Waals surface area contributed by atoms with E-state index in [4.69, 9.17) is 23.1 Å². The highest BCUT2D eigenvalue weighted by Gasteiger charge is 2.34. The van der Waals surface area contributed by atoms with E-state index in [-0.39, 0.29) is 34.6 Å². The predicted octanol–water partition coefficient (Wildman–Crippen LogP) is 3.70. The summed E-state index contributed by atoms with van der Waals surface area (Å²) < 4.78 is 3.95. The zero-order valence-corrected chi connectivity index (χ0v) is 21.0. The zero-order valence-electron chi connectivity index (χ0n) is 19.4. The first-order valence-electron chi connectivity index (χ1n) is 10.9. The Morgan fingerprint density at radius 1 is 1.15 bits per heavy atom. The number of hydrogen-bond donors (Lipinski definition) is 3. The van der Waals surface area contributed by atoms with E-state index in [1.807, 2.05) is 19.9 Å². The van der Waals surface area contributed by atoms with Gasteiger partial charge in [-0.15, -0.1) is 0 Å². The molecular formula is C23H32ClN5O3S. The van der Waals surface area contributed by atoms with Crippen LogP contribution in [0.5, 0.6) is 0 Å². The van der Waals surface area contributed by atoms with Gasteiger partial charge in [0.25, 0.3) is 11.8 Å². The van der Waals surface area contributed by atoms with Crippen LogP contribution in [0.15, 0.2) is 24.3 Å². The molecule has 1 aromatic carbocycles. The number of aromatic nitrogens is 1. The van der Waals surface area contributed by atoms with Crippen LogP contribution in [0.4, 0.5) is 5.69 Å². The lowest BCUT2D eigenvalue weighted by atomic mass is 10.00. The number of carbonyl (C=O) groups excluding carboxylic acids is 3. The molecule has 8 nitrogen and oxygen atoms in total. The Hall–Kier alpha value is -2.65. The Morgan fingerprint density at radius 3 is 2.36 bits per heavy atom. The quantitative estimate of drug-likeness (QED) is 0.439. The topological polar surface area (TPSA) is 131 Å². The van der Waals surface area contributed by atoms with Gasteiger partial charge < -0.3 is 21.7 Å². The van der Waals surface area contributed by atoms with Crippen LogP contribution in [-0.4, -0.2) is 39.6 Å². The first-order valence-corrected chi connectivity index (χ1v) is 12.0. The van der Waals surface area contributed by atoms with E-state index in [2.05, 4.69) is 23.5 Å². The van der Waals surface area contributed by atoms with Gasteiger partial charge in [0.15, 0.2) is 5.69 Å². The van der Waals surface area contributed by atoms with Gasteiger partial charge in [-0.05, 0) is 47.8 Å². The summed E-state index contributed by atoms with van der Waals surface area (Å²) in [5.74, 6) is -0.998. The number of halogens is 1. The molecule has 33 heavy (non-hydrogen) atoms. The van der Waals surface area contributed by atoms with Crippen molar-refractivity contribution in [3.8, 4) is 0 Å². The second-order valence-corrected chi connectivity index (χ2v) is 9.96. The molecule has 0 bridgehead atoms. The lowest BCUT2D eigenvalue weighted by molar-refractivity contribution is -0.126. The summed E-state index contributed by atoms with van der Waals surface area (Å²) >= 11 is 7.16. The summed E-state index contributed by atoms with van der Waals surface area (Å²) in [5, 5.41) is 3.44. The van der Waals surface area contributed by atoms with Gasteiger partial charge in [0.2, 0.25) is 5.91 Å². The number of amides is 3. The maximum absolute atomic E-state index is 13.7. The molecule has 0 spiro atoms.